The van der Waals surface area contributed by atoms with E-state index in [9.17, 15) is 14.2 Å². The van der Waals surface area contributed by atoms with Crippen LogP contribution in [0.1, 0.15) is 206 Å². The van der Waals surface area contributed by atoms with Crippen molar-refractivity contribution in [2.45, 2.75) is 213 Å². The van der Waals surface area contributed by atoms with Crippen molar-refractivity contribution in [2.75, 3.05) is 13.2 Å². The molecule has 60 heavy (non-hydrogen) atoms. The first-order valence-corrected chi connectivity index (χ1v) is 25.4. The summed E-state index contributed by atoms with van der Waals surface area (Å²) in [5.74, 6) is -1.03. The van der Waals surface area contributed by atoms with Crippen molar-refractivity contribution in [3.8, 4) is 0 Å². The lowest BCUT2D eigenvalue weighted by molar-refractivity contribution is -0.161. The second kappa shape index (κ2) is 45.7. The predicted octanol–water partition coefficient (Wildman–Crippen LogP) is 15.2. The van der Waals surface area contributed by atoms with Crippen LogP contribution < -0.4 is 0 Å². The number of hydrogen-bond acceptors (Lipinski definition) is 6. The van der Waals surface area contributed by atoms with E-state index in [0.717, 1.165) is 51.4 Å². The van der Waals surface area contributed by atoms with Gasteiger partial charge in [-0.25, -0.2) is 4.57 Å². The lowest BCUT2D eigenvalue weighted by atomic mass is 10.0. The van der Waals surface area contributed by atoms with Gasteiger partial charge in [-0.1, -0.05) is 195 Å². The highest BCUT2D eigenvalue weighted by molar-refractivity contribution is 7.46. The van der Waals surface area contributed by atoms with E-state index in [-0.39, 0.29) is 19.4 Å². The minimum Gasteiger partial charge on any atom is -0.462 e. The third-order valence-corrected chi connectivity index (χ3v) is 10.4. The molecular weight excluding hydrogens is 772 g/mol. The van der Waals surface area contributed by atoms with Crippen molar-refractivity contribution in [3.05, 3.63) is 85.1 Å². The summed E-state index contributed by atoms with van der Waals surface area (Å²) in [7, 11) is -4.79. The van der Waals surface area contributed by atoms with Crippen LogP contribution in [0.25, 0.3) is 0 Å². The molecule has 0 aliphatic rings. The molecule has 9 heteroatoms. The van der Waals surface area contributed by atoms with Crippen LogP contribution in [-0.2, 0) is 28.2 Å². The van der Waals surface area contributed by atoms with Crippen molar-refractivity contribution in [1.29, 1.82) is 0 Å². The van der Waals surface area contributed by atoms with E-state index in [0.29, 0.717) is 12.8 Å². The topological polar surface area (TPSA) is 119 Å². The summed E-state index contributed by atoms with van der Waals surface area (Å²) in [6, 6.07) is 0. The van der Waals surface area contributed by atoms with E-state index in [1.807, 2.05) is 12.2 Å². The largest absolute Gasteiger partial charge is 0.469 e. The number of phosphoric ester groups is 1. The number of ether oxygens (including phenoxy) is 2. The lowest BCUT2D eigenvalue weighted by Crippen LogP contribution is -2.29. The maximum atomic E-state index is 12.4. The number of carbonyl (C=O) groups excluding carboxylic acids is 2. The first-order chi connectivity index (χ1) is 29.3. The zero-order chi connectivity index (χ0) is 43.9. The van der Waals surface area contributed by atoms with Crippen LogP contribution in [0, 0.1) is 0 Å². The Labute approximate surface area is 367 Å². The molecule has 0 heterocycles. The fourth-order valence-corrected chi connectivity index (χ4v) is 6.68. The highest BCUT2D eigenvalue weighted by Crippen LogP contribution is 2.36. The fourth-order valence-electron chi connectivity index (χ4n) is 6.32. The first kappa shape index (κ1) is 57.2. The van der Waals surface area contributed by atoms with E-state index in [4.69, 9.17) is 19.3 Å². The van der Waals surface area contributed by atoms with Crippen LogP contribution in [0.15, 0.2) is 85.1 Å². The van der Waals surface area contributed by atoms with Crippen LogP contribution in [0.3, 0.4) is 0 Å². The maximum Gasteiger partial charge on any atom is 0.469 e. The van der Waals surface area contributed by atoms with Crippen molar-refractivity contribution in [2.24, 2.45) is 0 Å². The van der Waals surface area contributed by atoms with E-state index in [1.165, 1.54) is 116 Å². The molecule has 0 aromatic heterocycles. The Morgan fingerprint density at radius 3 is 1.28 bits per heavy atom. The average Bonchev–Trinajstić information content (AvgIpc) is 3.22. The summed E-state index contributed by atoms with van der Waals surface area (Å²) in [4.78, 5) is 42.9. The maximum absolute atomic E-state index is 12.4. The van der Waals surface area contributed by atoms with E-state index < -0.39 is 32.5 Å². The molecule has 0 radical (unpaired) electrons. The summed E-state index contributed by atoms with van der Waals surface area (Å²) < 4.78 is 26.3. The molecule has 0 rings (SSSR count). The molecule has 0 amide bonds. The van der Waals surface area contributed by atoms with Gasteiger partial charge in [0.05, 0.1) is 6.61 Å². The smallest absolute Gasteiger partial charge is 0.462 e. The Kier molecular flexibility index (Phi) is 43.6. The molecular formula is C51H87O8P. The number of hydrogen-bond donors (Lipinski definition) is 2. The van der Waals surface area contributed by atoms with Crippen LogP contribution in [-0.4, -0.2) is 41.0 Å². The van der Waals surface area contributed by atoms with Gasteiger partial charge >= 0.3 is 19.8 Å². The molecule has 8 nitrogen and oxygen atoms in total. The van der Waals surface area contributed by atoms with Gasteiger partial charge in [0.15, 0.2) is 6.10 Å². The Hall–Kier alpha value is -2.77. The number of esters is 2. The third-order valence-electron chi connectivity index (χ3n) is 9.88. The number of unbranched alkanes of at least 4 members (excludes halogenated alkanes) is 19. The van der Waals surface area contributed by atoms with Crippen molar-refractivity contribution >= 4 is 19.8 Å². The standard InChI is InChI=1S/C51H87O8P/c1-3-5-7-9-11-13-15-17-19-21-23-24-25-26-28-29-31-33-35-37-39-41-43-45-50(52)57-47-49(48-58-60(54,55)56)59-51(53)46-44-42-40-38-36-34-32-30-27-22-20-18-16-14-12-10-8-6-4-2/h12,14,18,20,27,29-31,34,36-37,39-40,42,49H,3-11,13,15-17,19,21-26,28,32-33,35,38,41,43-48H2,1-2H3,(H2,54,55,56)/b14-12+,20-18+,30-27+,31-29+,36-34+,39-37+,42-40+/t49-/m1/s1. The van der Waals surface area contributed by atoms with Crippen LogP contribution in [0.2, 0.25) is 0 Å². The van der Waals surface area contributed by atoms with Gasteiger partial charge in [-0.05, 0) is 83.5 Å². The van der Waals surface area contributed by atoms with E-state index in [2.05, 4.69) is 91.3 Å². The molecule has 2 N–H and O–H groups in total. The van der Waals surface area contributed by atoms with Crippen molar-refractivity contribution in [3.63, 3.8) is 0 Å². The molecule has 0 fully saturated rings. The molecule has 0 saturated carbocycles. The average molecular weight is 859 g/mol. The highest BCUT2D eigenvalue weighted by atomic mass is 31.2. The first-order valence-electron chi connectivity index (χ1n) is 23.9. The Morgan fingerprint density at radius 2 is 0.800 bits per heavy atom. The van der Waals surface area contributed by atoms with Gasteiger partial charge in [0.1, 0.15) is 6.61 Å². The minimum atomic E-state index is -4.79. The summed E-state index contributed by atoms with van der Waals surface area (Å²) >= 11 is 0. The summed E-state index contributed by atoms with van der Waals surface area (Å²) in [6.07, 6.45) is 62.0. The normalized spacial score (nSPS) is 13.2. The van der Waals surface area contributed by atoms with Gasteiger partial charge in [0.25, 0.3) is 0 Å². The van der Waals surface area contributed by atoms with E-state index in [1.54, 1.807) is 0 Å². The van der Waals surface area contributed by atoms with Gasteiger partial charge < -0.3 is 19.3 Å². The zero-order valence-corrected chi connectivity index (χ0v) is 39.0. The second-order valence-electron chi connectivity index (χ2n) is 15.7. The Balaban J connectivity index is 4.02. The fraction of sp³-hybridized carbons (Fsp3) is 0.686. The van der Waals surface area contributed by atoms with Gasteiger partial charge in [0.2, 0.25) is 0 Å². The Morgan fingerprint density at radius 1 is 0.433 bits per heavy atom. The number of allylic oxidation sites excluding steroid dienone is 14. The van der Waals surface area contributed by atoms with Gasteiger partial charge in [-0.2, -0.15) is 0 Å². The molecule has 0 aromatic carbocycles. The lowest BCUT2D eigenvalue weighted by Gasteiger charge is -2.18. The minimum absolute atomic E-state index is 0.0765. The highest BCUT2D eigenvalue weighted by Gasteiger charge is 2.22. The second-order valence-corrected chi connectivity index (χ2v) is 17.0. The molecule has 1 atom stereocenters. The predicted molar refractivity (Wildman–Crippen MR) is 253 cm³/mol. The molecule has 0 saturated heterocycles. The number of phosphoric acid groups is 1. The quantitative estimate of drug-likeness (QED) is 0.0269. The molecule has 0 bridgehead atoms. The summed E-state index contributed by atoms with van der Waals surface area (Å²) in [5, 5.41) is 0. The van der Waals surface area contributed by atoms with Crippen LogP contribution >= 0.6 is 7.82 Å². The van der Waals surface area contributed by atoms with E-state index >= 15 is 0 Å². The van der Waals surface area contributed by atoms with Crippen LogP contribution in [0.4, 0.5) is 0 Å². The molecule has 0 aliphatic heterocycles. The van der Waals surface area contributed by atoms with Gasteiger partial charge in [-0.15, -0.1) is 0 Å². The summed E-state index contributed by atoms with van der Waals surface area (Å²) in [5.41, 5.74) is 0. The SMILES string of the molecule is CCCCC/C=C/C/C=C/C/C=C/C/C=C/C/C=C/CCC(=O)O[C@H](COC(=O)CCC/C=C/CC/C=C/CCCCCCCCCCCCCCCC)COP(=O)(O)O. The van der Waals surface area contributed by atoms with Crippen LogP contribution in [0.5, 0.6) is 0 Å². The monoisotopic (exact) mass is 859 g/mol. The van der Waals surface area contributed by atoms with Gasteiger partial charge in [-0.3, -0.25) is 14.1 Å². The number of rotatable bonds is 43. The molecule has 0 spiro atoms. The van der Waals surface area contributed by atoms with Crippen molar-refractivity contribution in [1.82, 2.24) is 0 Å². The number of carbonyl (C=O) groups is 2. The molecule has 0 unspecified atom stereocenters. The van der Waals surface area contributed by atoms with Gasteiger partial charge in [0, 0.05) is 12.8 Å². The molecule has 0 aromatic rings. The summed E-state index contributed by atoms with van der Waals surface area (Å²) in [6.45, 7) is 3.58. The molecule has 344 valence electrons. The molecule has 0 aliphatic carbocycles. The van der Waals surface area contributed by atoms with Crippen molar-refractivity contribution < 1.29 is 37.9 Å². The Bertz CT molecular complexity index is 1240. The zero-order valence-electron chi connectivity index (χ0n) is 38.1. The third kappa shape index (κ3) is 47.9.